The molecule has 2 aliphatic heterocycles. The topological polar surface area (TPSA) is 88.5 Å². The fraction of sp³-hybridized carbons (Fsp3) is 0.471. The Labute approximate surface area is 157 Å². The Bertz CT molecular complexity index is 741. The summed E-state index contributed by atoms with van der Waals surface area (Å²) < 4.78 is 0. The summed E-state index contributed by atoms with van der Waals surface area (Å²) in [5.74, 6) is 0.251. The quantitative estimate of drug-likeness (QED) is 0.735. The number of hydrogen-bond acceptors (Lipinski definition) is 4. The maximum absolute atomic E-state index is 13.0. The van der Waals surface area contributed by atoms with Crippen LogP contribution < -0.4 is 5.32 Å². The van der Waals surface area contributed by atoms with Crippen molar-refractivity contribution in [2.75, 3.05) is 27.2 Å². The molecule has 2 fully saturated rings. The Morgan fingerprint density at radius 3 is 2.65 bits per heavy atom. The highest BCUT2D eigenvalue weighted by molar-refractivity contribution is 6.31. The highest BCUT2D eigenvalue weighted by Gasteiger charge is 2.51. The van der Waals surface area contributed by atoms with Gasteiger partial charge in [0.25, 0.3) is 5.91 Å². The number of benzene rings is 1. The van der Waals surface area contributed by atoms with Crippen molar-refractivity contribution in [3.8, 4) is 0 Å². The SMILES string of the molecule is CN1C(=O)N(Cc2ccccc2Cl)C(=O)C2C1NC(=NCCCO)N2C. The van der Waals surface area contributed by atoms with E-state index in [0.717, 1.165) is 0 Å². The molecular formula is C17H22ClN5O3. The lowest BCUT2D eigenvalue weighted by atomic mass is 10.1. The number of carbonyl (C=O) groups excluding carboxylic acids is 2. The number of rotatable bonds is 5. The maximum Gasteiger partial charge on any atom is 0.328 e. The van der Waals surface area contributed by atoms with Crippen molar-refractivity contribution >= 4 is 29.5 Å². The van der Waals surface area contributed by atoms with E-state index in [2.05, 4.69) is 10.3 Å². The Morgan fingerprint density at radius 1 is 1.23 bits per heavy atom. The highest BCUT2D eigenvalue weighted by Crippen LogP contribution is 2.26. The molecule has 0 spiro atoms. The van der Waals surface area contributed by atoms with Gasteiger partial charge < -0.3 is 20.2 Å². The minimum absolute atomic E-state index is 0.0519. The Kier molecular flexibility index (Phi) is 5.33. The van der Waals surface area contributed by atoms with Gasteiger partial charge in [-0.25, -0.2) is 4.79 Å². The second kappa shape index (κ2) is 7.51. The molecule has 2 saturated heterocycles. The molecule has 0 aromatic heterocycles. The molecule has 0 saturated carbocycles. The van der Waals surface area contributed by atoms with E-state index < -0.39 is 12.2 Å². The third kappa shape index (κ3) is 3.22. The molecule has 2 N–H and O–H groups in total. The molecule has 140 valence electrons. The van der Waals surface area contributed by atoms with Crippen molar-refractivity contribution in [3.63, 3.8) is 0 Å². The Balaban J connectivity index is 1.84. The van der Waals surface area contributed by atoms with Gasteiger partial charge in [-0.1, -0.05) is 29.8 Å². The van der Waals surface area contributed by atoms with Gasteiger partial charge in [0, 0.05) is 32.3 Å². The van der Waals surface area contributed by atoms with Crippen LogP contribution in [0.25, 0.3) is 0 Å². The minimum atomic E-state index is -0.562. The molecule has 2 unspecified atom stereocenters. The second-order valence-electron chi connectivity index (χ2n) is 6.34. The predicted molar refractivity (Wildman–Crippen MR) is 97.6 cm³/mol. The van der Waals surface area contributed by atoms with Crippen LogP contribution in [-0.2, 0) is 11.3 Å². The van der Waals surface area contributed by atoms with Gasteiger partial charge in [-0.3, -0.25) is 14.7 Å². The van der Waals surface area contributed by atoms with Crippen LogP contribution in [0.1, 0.15) is 12.0 Å². The molecule has 1 aromatic carbocycles. The van der Waals surface area contributed by atoms with Gasteiger partial charge in [-0.15, -0.1) is 0 Å². The summed E-state index contributed by atoms with van der Waals surface area (Å²) >= 11 is 6.18. The lowest BCUT2D eigenvalue weighted by molar-refractivity contribution is -0.137. The summed E-state index contributed by atoms with van der Waals surface area (Å²) in [5, 5.41) is 12.6. The molecule has 0 aliphatic carbocycles. The van der Waals surface area contributed by atoms with E-state index in [0.29, 0.717) is 29.5 Å². The van der Waals surface area contributed by atoms with Gasteiger partial charge in [0.2, 0.25) is 0 Å². The molecule has 9 heteroatoms. The zero-order chi connectivity index (χ0) is 18.8. The molecule has 0 bridgehead atoms. The molecule has 8 nitrogen and oxygen atoms in total. The van der Waals surface area contributed by atoms with Gasteiger partial charge in [0.05, 0.1) is 6.54 Å². The van der Waals surface area contributed by atoms with Crippen LogP contribution in [0.5, 0.6) is 0 Å². The van der Waals surface area contributed by atoms with Gasteiger partial charge in [0.1, 0.15) is 6.17 Å². The number of amides is 3. The lowest BCUT2D eigenvalue weighted by Crippen LogP contribution is -2.65. The van der Waals surface area contributed by atoms with E-state index in [4.69, 9.17) is 16.7 Å². The Hall–Kier alpha value is -2.32. The smallest absolute Gasteiger partial charge is 0.328 e. The molecule has 2 aliphatic rings. The molecule has 2 heterocycles. The first kappa shape index (κ1) is 18.5. The third-order valence-corrected chi connectivity index (χ3v) is 5.03. The average molecular weight is 380 g/mol. The molecule has 2 atom stereocenters. The average Bonchev–Trinajstić information content (AvgIpc) is 2.95. The number of guanidine groups is 1. The van der Waals surface area contributed by atoms with Crippen LogP contribution in [0.3, 0.4) is 0 Å². The van der Waals surface area contributed by atoms with E-state index in [1.54, 1.807) is 37.2 Å². The monoisotopic (exact) mass is 379 g/mol. The van der Waals surface area contributed by atoms with Gasteiger partial charge in [-0.05, 0) is 18.1 Å². The minimum Gasteiger partial charge on any atom is -0.396 e. The van der Waals surface area contributed by atoms with Crippen molar-refractivity contribution in [1.29, 1.82) is 0 Å². The Morgan fingerprint density at radius 2 is 1.96 bits per heavy atom. The summed E-state index contributed by atoms with van der Waals surface area (Å²) in [4.78, 5) is 34.6. The number of halogens is 1. The van der Waals surface area contributed by atoms with Crippen molar-refractivity contribution in [3.05, 3.63) is 34.9 Å². The first-order valence-electron chi connectivity index (χ1n) is 8.42. The summed E-state index contributed by atoms with van der Waals surface area (Å²) in [5.41, 5.74) is 0.716. The number of likely N-dealkylation sites (N-methyl/N-ethyl adjacent to an activating group) is 2. The highest BCUT2D eigenvalue weighted by atomic mass is 35.5. The number of aliphatic hydroxyl groups excluding tert-OH is 1. The zero-order valence-electron chi connectivity index (χ0n) is 14.7. The standard InChI is InChI=1S/C17H22ClN5O3/c1-21-13-14(20-16(21)19-8-5-9-24)22(2)17(26)23(15(13)25)10-11-6-3-4-7-12(11)18/h3-4,6-7,13-14,24H,5,8-10H2,1-2H3,(H,19,20). The number of urea groups is 1. The zero-order valence-corrected chi connectivity index (χ0v) is 15.5. The number of fused-ring (bicyclic) bond motifs is 1. The van der Waals surface area contributed by atoms with Crippen LogP contribution in [0, 0.1) is 0 Å². The lowest BCUT2D eigenvalue weighted by Gasteiger charge is -2.40. The van der Waals surface area contributed by atoms with Crippen LogP contribution in [0.2, 0.25) is 5.02 Å². The third-order valence-electron chi connectivity index (χ3n) is 4.66. The van der Waals surface area contributed by atoms with Crippen molar-refractivity contribution in [2.24, 2.45) is 4.99 Å². The molecule has 3 rings (SSSR count). The van der Waals surface area contributed by atoms with Gasteiger partial charge >= 0.3 is 6.03 Å². The van der Waals surface area contributed by atoms with E-state index in [-0.39, 0.29) is 25.1 Å². The van der Waals surface area contributed by atoms with Crippen LogP contribution in [0.15, 0.2) is 29.3 Å². The second-order valence-corrected chi connectivity index (χ2v) is 6.74. The largest absolute Gasteiger partial charge is 0.396 e. The molecule has 3 amide bonds. The number of nitrogens with one attached hydrogen (secondary N) is 1. The first-order valence-corrected chi connectivity index (χ1v) is 8.79. The van der Waals surface area contributed by atoms with E-state index in [9.17, 15) is 9.59 Å². The van der Waals surface area contributed by atoms with Crippen molar-refractivity contribution in [2.45, 2.75) is 25.2 Å². The summed E-state index contributed by atoms with van der Waals surface area (Å²) in [6.07, 6.45) is 0.0609. The van der Waals surface area contributed by atoms with Crippen LogP contribution in [-0.4, -0.2) is 77.2 Å². The fourth-order valence-electron chi connectivity index (χ4n) is 3.18. The number of imide groups is 1. The normalized spacial score (nSPS) is 24.3. The van der Waals surface area contributed by atoms with Crippen LogP contribution >= 0.6 is 11.6 Å². The number of hydrogen-bond donors (Lipinski definition) is 2. The molecule has 1 aromatic rings. The fourth-order valence-corrected chi connectivity index (χ4v) is 3.38. The van der Waals surface area contributed by atoms with Crippen LogP contribution in [0.4, 0.5) is 4.79 Å². The van der Waals surface area contributed by atoms with Crippen molar-refractivity contribution < 1.29 is 14.7 Å². The summed E-state index contributed by atoms with van der Waals surface area (Å²) in [6.45, 7) is 0.615. The molecule has 0 radical (unpaired) electrons. The number of aliphatic imine (C=N–C) groups is 1. The molecule has 26 heavy (non-hydrogen) atoms. The number of aliphatic hydroxyl groups is 1. The maximum atomic E-state index is 13.0. The van der Waals surface area contributed by atoms with Crippen molar-refractivity contribution in [1.82, 2.24) is 20.0 Å². The number of nitrogens with zero attached hydrogens (tertiary/aromatic N) is 4. The predicted octanol–water partition coefficient (Wildman–Crippen LogP) is 0.702. The summed E-state index contributed by atoms with van der Waals surface area (Å²) in [6, 6.07) is 6.21. The van der Waals surface area contributed by atoms with E-state index >= 15 is 0 Å². The summed E-state index contributed by atoms with van der Waals surface area (Å²) in [7, 11) is 3.42. The van der Waals surface area contributed by atoms with E-state index in [1.807, 2.05) is 6.07 Å². The van der Waals surface area contributed by atoms with E-state index in [1.165, 1.54) is 9.80 Å². The molecular weight excluding hydrogens is 358 g/mol. The van der Waals surface area contributed by atoms with Gasteiger partial charge in [0.15, 0.2) is 12.0 Å². The van der Waals surface area contributed by atoms with Gasteiger partial charge in [-0.2, -0.15) is 0 Å². The number of carbonyl (C=O) groups is 2. The first-order chi connectivity index (χ1) is 12.5.